The lowest BCUT2D eigenvalue weighted by Gasteiger charge is -2.48. The maximum atomic E-state index is 13.6. The topological polar surface area (TPSA) is 78.0 Å². The number of aromatic amines is 1. The Morgan fingerprint density at radius 2 is 1.90 bits per heavy atom. The van der Waals surface area contributed by atoms with Crippen LogP contribution in [0.25, 0.3) is 10.9 Å². The van der Waals surface area contributed by atoms with Crippen LogP contribution in [0.5, 0.6) is 5.75 Å². The minimum Gasteiger partial charge on any atom is -0.497 e. The first kappa shape index (κ1) is 18.4. The summed E-state index contributed by atoms with van der Waals surface area (Å²) in [5.41, 5.74) is 2.59. The van der Waals surface area contributed by atoms with Crippen molar-refractivity contribution >= 4 is 28.9 Å². The maximum Gasteiger partial charge on any atom is 0.275 e. The van der Waals surface area contributed by atoms with E-state index in [4.69, 9.17) is 4.74 Å². The van der Waals surface area contributed by atoms with Crippen molar-refractivity contribution in [2.24, 2.45) is 5.10 Å². The summed E-state index contributed by atoms with van der Waals surface area (Å²) in [5.74, 6) is 0.431. The standard InChI is InChI=1S/C23H22N4O3/c1-23-21-18(17-5-3-4-6-19(17)25-21)11-12-26(23)20(28)14-27(22(23)29)24-13-15-7-9-16(30-2)10-8-15/h3-10,13,25H,11-12,14H2,1-2H3/b24-13-/t23-/m1/s1. The van der Waals surface area contributed by atoms with Crippen LogP contribution < -0.4 is 4.74 Å². The summed E-state index contributed by atoms with van der Waals surface area (Å²) >= 11 is 0. The normalized spacial score (nSPS) is 21.3. The number of aromatic nitrogens is 1. The molecule has 0 unspecified atom stereocenters. The molecule has 7 nitrogen and oxygen atoms in total. The molecule has 2 aromatic carbocycles. The zero-order valence-corrected chi connectivity index (χ0v) is 16.9. The van der Waals surface area contributed by atoms with E-state index in [0.717, 1.165) is 39.9 Å². The Morgan fingerprint density at radius 3 is 2.67 bits per heavy atom. The number of carbonyl (C=O) groups excluding carboxylic acids is 2. The smallest absolute Gasteiger partial charge is 0.275 e. The predicted molar refractivity (Wildman–Crippen MR) is 113 cm³/mol. The second-order valence-electron chi connectivity index (χ2n) is 7.77. The summed E-state index contributed by atoms with van der Waals surface area (Å²) in [4.78, 5) is 31.6. The molecule has 3 aromatic rings. The summed E-state index contributed by atoms with van der Waals surface area (Å²) in [6.45, 7) is 2.28. The molecule has 30 heavy (non-hydrogen) atoms. The molecule has 2 aliphatic rings. The number of fused-ring (bicyclic) bond motifs is 5. The Kier molecular flexibility index (Phi) is 4.13. The van der Waals surface area contributed by atoms with E-state index in [1.54, 1.807) is 18.2 Å². The average Bonchev–Trinajstić information content (AvgIpc) is 3.16. The molecule has 1 N–H and O–H groups in total. The molecule has 1 fully saturated rings. The van der Waals surface area contributed by atoms with Crippen molar-refractivity contribution < 1.29 is 14.3 Å². The first-order valence-electron chi connectivity index (χ1n) is 9.93. The van der Waals surface area contributed by atoms with Gasteiger partial charge in [0.15, 0.2) is 5.54 Å². The highest BCUT2D eigenvalue weighted by Crippen LogP contribution is 2.41. The number of nitrogens with zero attached hydrogens (tertiary/aromatic N) is 3. The van der Waals surface area contributed by atoms with Gasteiger partial charge in [0.2, 0.25) is 5.91 Å². The molecule has 0 spiro atoms. The lowest BCUT2D eigenvalue weighted by Crippen LogP contribution is -2.65. The van der Waals surface area contributed by atoms with Crippen LogP contribution in [0, 0.1) is 0 Å². The van der Waals surface area contributed by atoms with Gasteiger partial charge in [-0.3, -0.25) is 9.59 Å². The van der Waals surface area contributed by atoms with E-state index in [2.05, 4.69) is 16.2 Å². The first-order chi connectivity index (χ1) is 14.5. The maximum absolute atomic E-state index is 13.6. The monoisotopic (exact) mass is 402 g/mol. The lowest BCUT2D eigenvalue weighted by atomic mass is 9.83. The predicted octanol–water partition coefficient (Wildman–Crippen LogP) is 2.65. The molecule has 0 bridgehead atoms. The van der Waals surface area contributed by atoms with Crippen LogP contribution in [0.2, 0.25) is 0 Å². The Balaban J connectivity index is 1.53. The van der Waals surface area contributed by atoms with Crippen molar-refractivity contribution in [2.45, 2.75) is 18.9 Å². The number of piperazine rings is 1. The third kappa shape index (κ3) is 2.62. The molecule has 0 aliphatic carbocycles. The van der Waals surface area contributed by atoms with Gasteiger partial charge in [0.1, 0.15) is 12.3 Å². The molecular formula is C23H22N4O3. The van der Waals surface area contributed by atoms with Crippen LogP contribution in [-0.2, 0) is 21.5 Å². The third-order valence-corrected chi connectivity index (χ3v) is 6.12. The van der Waals surface area contributed by atoms with Gasteiger partial charge in [0.05, 0.1) is 19.0 Å². The molecule has 1 saturated heterocycles. The molecule has 2 amide bonds. The number of hydrazone groups is 1. The van der Waals surface area contributed by atoms with E-state index in [1.165, 1.54) is 5.01 Å². The second kappa shape index (κ2) is 6.73. The molecule has 152 valence electrons. The molecular weight excluding hydrogens is 380 g/mol. The van der Waals surface area contributed by atoms with Gasteiger partial charge >= 0.3 is 0 Å². The van der Waals surface area contributed by atoms with Crippen LogP contribution in [0.4, 0.5) is 0 Å². The van der Waals surface area contributed by atoms with Gasteiger partial charge in [-0.05, 0) is 54.8 Å². The van der Waals surface area contributed by atoms with Gasteiger partial charge in [-0.2, -0.15) is 5.10 Å². The summed E-state index contributed by atoms with van der Waals surface area (Å²) in [5, 5.41) is 6.75. The van der Waals surface area contributed by atoms with Gasteiger partial charge < -0.3 is 14.6 Å². The van der Waals surface area contributed by atoms with Crippen LogP contribution in [-0.4, -0.2) is 53.1 Å². The number of para-hydroxylation sites is 1. The molecule has 1 atom stereocenters. The fraction of sp³-hybridized carbons (Fsp3) is 0.261. The number of amides is 2. The van der Waals surface area contributed by atoms with E-state index in [-0.39, 0.29) is 18.4 Å². The average molecular weight is 402 g/mol. The Bertz CT molecular complexity index is 1180. The van der Waals surface area contributed by atoms with Gasteiger partial charge in [-0.25, -0.2) is 5.01 Å². The number of H-pyrrole nitrogens is 1. The molecule has 2 aliphatic heterocycles. The van der Waals surface area contributed by atoms with Crippen molar-refractivity contribution in [3.8, 4) is 5.75 Å². The number of carbonyl (C=O) groups is 2. The van der Waals surface area contributed by atoms with Crippen molar-refractivity contribution in [3.63, 3.8) is 0 Å². The SMILES string of the molecule is COc1ccc(/C=N\N2CC(=O)N3CCc4c([nH]c5ccccc45)[C@]3(C)C2=O)cc1. The van der Waals surface area contributed by atoms with E-state index in [1.807, 2.05) is 49.4 Å². The minimum absolute atomic E-state index is 0.0589. The van der Waals surface area contributed by atoms with Crippen molar-refractivity contribution in [1.82, 2.24) is 14.9 Å². The molecule has 3 heterocycles. The van der Waals surface area contributed by atoms with Gasteiger partial charge in [-0.15, -0.1) is 0 Å². The van der Waals surface area contributed by atoms with Crippen LogP contribution in [0.15, 0.2) is 53.6 Å². The highest BCUT2D eigenvalue weighted by Gasteiger charge is 2.54. The van der Waals surface area contributed by atoms with E-state index in [0.29, 0.717) is 6.54 Å². The van der Waals surface area contributed by atoms with Crippen molar-refractivity contribution in [3.05, 3.63) is 65.4 Å². The summed E-state index contributed by atoms with van der Waals surface area (Å²) in [6, 6.07) is 15.4. The Hall–Kier alpha value is -3.61. The van der Waals surface area contributed by atoms with Crippen molar-refractivity contribution in [2.75, 3.05) is 20.2 Å². The summed E-state index contributed by atoms with van der Waals surface area (Å²) < 4.78 is 5.16. The first-order valence-corrected chi connectivity index (χ1v) is 9.93. The number of hydrogen-bond donors (Lipinski definition) is 1. The minimum atomic E-state index is -1.10. The number of rotatable bonds is 3. The number of methoxy groups -OCH3 is 1. The second-order valence-corrected chi connectivity index (χ2v) is 7.77. The van der Waals surface area contributed by atoms with E-state index < -0.39 is 5.54 Å². The highest BCUT2D eigenvalue weighted by molar-refractivity contribution is 6.01. The molecule has 0 saturated carbocycles. The van der Waals surface area contributed by atoms with Gasteiger partial charge in [0, 0.05) is 17.4 Å². The summed E-state index contributed by atoms with van der Waals surface area (Å²) in [7, 11) is 1.61. The molecule has 1 aromatic heterocycles. The fourth-order valence-electron chi connectivity index (χ4n) is 4.51. The fourth-order valence-corrected chi connectivity index (χ4v) is 4.51. The highest BCUT2D eigenvalue weighted by atomic mass is 16.5. The van der Waals surface area contributed by atoms with E-state index in [9.17, 15) is 9.59 Å². The van der Waals surface area contributed by atoms with E-state index >= 15 is 0 Å². The van der Waals surface area contributed by atoms with Crippen LogP contribution in [0.1, 0.15) is 23.7 Å². The zero-order valence-electron chi connectivity index (χ0n) is 16.9. The van der Waals surface area contributed by atoms with Crippen LogP contribution in [0.3, 0.4) is 0 Å². The number of benzene rings is 2. The largest absolute Gasteiger partial charge is 0.497 e. The number of ether oxygens (including phenoxy) is 1. The summed E-state index contributed by atoms with van der Waals surface area (Å²) in [6.07, 6.45) is 2.32. The zero-order chi connectivity index (χ0) is 20.9. The molecule has 7 heteroatoms. The molecule has 0 radical (unpaired) electrons. The van der Waals surface area contributed by atoms with Crippen molar-refractivity contribution in [1.29, 1.82) is 0 Å². The van der Waals surface area contributed by atoms with Crippen LogP contribution >= 0.6 is 0 Å². The quantitative estimate of drug-likeness (QED) is 0.684. The molecule has 5 rings (SSSR count). The lowest BCUT2D eigenvalue weighted by molar-refractivity contribution is -0.165. The Labute approximate surface area is 173 Å². The van der Waals surface area contributed by atoms with Gasteiger partial charge in [0.25, 0.3) is 5.91 Å². The number of nitrogens with one attached hydrogen (secondary N) is 1. The van der Waals surface area contributed by atoms with Gasteiger partial charge in [-0.1, -0.05) is 18.2 Å². The third-order valence-electron chi connectivity index (χ3n) is 6.12. The Morgan fingerprint density at radius 1 is 1.13 bits per heavy atom. The number of hydrogen-bond acceptors (Lipinski definition) is 4.